The molecule has 0 unspecified atom stereocenters. The molecule has 1 N–H and O–H groups in total. The van der Waals surface area contributed by atoms with Crippen molar-refractivity contribution in [3.8, 4) is 0 Å². The summed E-state index contributed by atoms with van der Waals surface area (Å²) in [5, 5.41) is 3.29. The van der Waals surface area contributed by atoms with E-state index in [0.29, 0.717) is 6.04 Å². The van der Waals surface area contributed by atoms with E-state index in [1.54, 1.807) is 0 Å². The molecule has 2 fully saturated rings. The third-order valence-electron chi connectivity index (χ3n) is 5.67. The summed E-state index contributed by atoms with van der Waals surface area (Å²) in [6.07, 6.45) is 10.1. The van der Waals surface area contributed by atoms with Gasteiger partial charge in [-0.25, -0.2) is 0 Å². The van der Waals surface area contributed by atoms with Crippen LogP contribution < -0.4 is 5.32 Å². The Balaban J connectivity index is 1.48. The fourth-order valence-corrected chi connectivity index (χ4v) is 4.55. The molecule has 1 amide bonds. The highest BCUT2D eigenvalue weighted by Gasteiger charge is 2.40. The minimum Gasteiger partial charge on any atom is -0.349 e. The number of rotatable bonds is 2. The Bertz CT molecular complexity index is 536. The summed E-state index contributed by atoms with van der Waals surface area (Å²) in [6.45, 7) is 0. The molecule has 0 saturated heterocycles. The number of carbonyl (C=O) groups excluding carboxylic acids is 1. The van der Waals surface area contributed by atoms with Crippen molar-refractivity contribution in [1.82, 2.24) is 5.32 Å². The molecule has 3 atom stereocenters. The Morgan fingerprint density at radius 1 is 1.05 bits per heavy atom. The van der Waals surface area contributed by atoms with Gasteiger partial charge in [-0.15, -0.1) is 0 Å². The molecule has 20 heavy (non-hydrogen) atoms. The number of carbonyl (C=O) groups is 1. The van der Waals surface area contributed by atoms with Crippen molar-refractivity contribution in [3.05, 3.63) is 34.9 Å². The molecule has 0 heterocycles. The number of fused-ring (bicyclic) bond motifs is 3. The van der Waals surface area contributed by atoms with Crippen molar-refractivity contribution < 1.29 is 4.79 Å². The van der Waals surface area contributed by atoms with Crippen molar-refractivity contribution in [3.63, 3.8) is 0 Å². The van der Waals surface area contributed by atoms with E-state index >= 15 is 0 Å². The van der Waals surface area contributed by atoms with Crippen LogP contribution in [0.1, 0.15) is 60.0 Å². The maximum absolute atomic E-state index is 12.5. The lowest BCUT2D eigenvalue weighted by molar-refractivity contribution is 0.0923. The standard InChI is InChI=1S/C18H23NO/c20-18(19-17-10-12-5-6-15(17)9-12)16-8-7-13-3-1-2-4-14(13)11-16/h7-8,11-12,15,17H,1-6,9-10H2,(H,19,20)/t12-,15-,17-/m1/s1. The molecule has 2 heteroatoms. The van der Waals surface area contributed by atoms with Crippen LogP contribution in [-0.4, -0.2) is 11.9 Å². The predicted molar refractivity (Wildman–Crippen MR) is 79.8 cm³/mol. The largest absolute Gasteiger partial charge is 0.349 e. The third-order valence-corrected chi connectivity index (χ3v) is 5.67. The van der Waals surface area contributed by atoms with Crippen LogP contribution in [0.4, 0.5) is 0 Å². The van der Waals surface area contributed by atoms with Gasteiger partial charge in [0.15, 0.2) is 0 Å². The van der Waals surface area contributed by atoms with Crippen LogP contribution in [0.15, 0.2) is 18.2 Å². The van der Waals surface area contributed by atoms with Gasteiger partial charge in [0.25, 0.3) is 5.91 Å². The lowest BCUT2D eigenvalue weighted by atomic mass is 9.90. The molecular formula is C18H23NO. The van der Waals surface area contributed by atoms with E-state index in [9.17, 15) is 4.79 Å². The van der Waals surface area contributed by atoms with E-state index < -0.39 is 0 Å². The summed E-state index contributed by atoms with van der Waals surface area (Å²) in [7, 11) is 0. The summed E-state index contributed by atoms with van der Waals surface area (Å²) in [4.78, 5) is 12.5. The first-order valence-corrected chi connectivity index (χ1v) is 8.22. The smallest absolute Gasteiger partial charge is 0.251 e. The van der Waals surface area contributed by atoms with Crippen LogP contribution in [0.3, 0.4) is 0 Å². The van der Waals surface area contributed by atoms with Gasteiger partial charge in [-0.2, -0.15) is 0 Å². The Kier molecular flexibility index (Phi) is 3.05. The summed E-state index contributed by atoms with van der Waals surface area (Å²) in [5.41, 5.74) is 3.72. The molecule has 0 spiro atoms. The van der Waals surface area contributed by atoms with Gasteiger partial charge in [0.2, 0.25) is 0 Å². The first kappa shape index (κ1) is 12.4. The number of aryl methyl sites for hydroxylation is 2. The second-order valence-corrected chi connectivity index (χ2v) is 6.95. The second kappa shape index (κ2) is 4.91. The van der Waals surface area contributed by atoms with Crippen molar-refractivity contribution in [2.75, 3.05) is 0 Å². The normalized spacial score (nSPS) is 31.1. The van der Waals surface area contributed by atoms with E-state index in [1.165, 1.54) is 56.1 Å². The molecule has 1 aromatic carbocycles. The number of benzene rings is 1. The average Bonchev–Trinajstić information content (AvgIpc) is 3.09. The molecule has 0 aliphatic heterocycles. The zero-order valence-electron chi connectivity index (χ0n) is 12.0. The molecule has 0 radical (unpaired) electrons. The Labute approximate surface area is 121 Å². The molecule has 2 bridgehead atoms. The third kappa shape index (κ3) is 2.15. The Morgan fingerprint density at radius 2 is 1.90 bits per heavy atom. The monoisotopic (exact) mass is 269 g/mol. The van der Waals surface area contributed by atoms with E-state index in [-0.39, 0.29) is 5.91 Å². The van der Waals surface area contributed by atoms with E-state index in [1.807, 2.05) is 6.07 Å². The molecule has 0 aromatic heterocycles. The number of hydrogen-bond donors (Lipinski definition) is 1. The van der Waals surface area contributed by atoms with Crippen LogP contribution in [0, 0.1) is 11.8 Å². The Morgan fingerprint density at radius 3 is 2.65 bits per heavy atom. The molecule has 4 rings (SSSR count). The molecule has 3 aliphatic carbocycles. The highest BCUT2D eigenvalue weighted by Crippen LogP contribution is 2.44. The molecule has 2 saturated carbocycles. The van der Waals surface area contributed by atoms with Gasteiger partial charge >= 0.3 is 0 Å². The SMILES string of the molecule is O=C(N[C@@H]1C[C@@H]2CC[C@@H]1C2)c1ccc2c(c1)CCCC2. The van der Waals surface area contributed by atoms with Gasteiger partial charge in [0, 0.05) is 11.6 Å². The zero-order valence-corrected chi connectivity index (χ0v) is 12.0. The minimum absolute atomic E-state index is 0.149. The van der Waals surface area contributed by atoms with Gasteiger partial charge in [-0.3, -0.25) is 4.79 Å². The van der Waals surface area contributed by atoms with Crippen LogP contribution >= 0.6 is 0 Å². The fourth-order valence-electron chi connectivity index (χ4n) is 4.55. The van der Waals surface area contributed by atoms with Gasteiger partial charge in [0.1, 0.15) is 0 Å². The number of nitrogens with one attached hydrogen (secondary N) is 1. The summed E-state index contributed by atoms with van der Waals surface area (Å²) in [5.74, 6) is 1.78. The van der Waals surface area contributed by atoms with Gasteiger partial charge < -0.3 is 5.32 Å². The lowest BCUT2D eigenvalue weighted by Gasteiger charge is -2.23. The van der Waals surface area contributed by atoms with Crippen molar-refractivity contribution in [1.29, 1.82) is 0 Å². The molecular weight excluding hydrogens is 246 g/mol. The summed E-state index contributed by atoms with van der Waals surface area (Å²) < 4.78 is 0. The molecule has 106 valence electrons. The van der Waals surface area contributed by atoms with E-state index in [0.717, 1.165) is 23.8 Å². The molecule has 1 aromatic rings. The van der Waals surface area contributed by atoms with Crippen molar-refractivity contribution in [2.24, 2.45) is 11.8 Å². The predicted octanol–water partition coefficient (Wildman–Crippen LogP) is 3.48. The van der Waals surface area contributed by atoms with Gasteiger partial charge in [0.05, 0.1) is 0 Å². The van der Waals surface area contributed by atoms with Crippen LogP contribution in [0.2, 0.25) is 0 Å². The Hall–Kier alpha value is -1.31. The van der Waals surface area contributed by atoms with Gasteiger partial charge in [-0.05, 0) is 80.0 Å². The average molecular weight is 269 g/mol. The maximum atomic E-state index is 12.5. The molecule has 3 aliphatic rings. The van der Waals surface area contributed by atoms with Crippen LogP contribution in [0.25, 0.3) is 0 Å². The minimum atomic E-state index is 0.149. The first-order valence-electron chi connectivity index (χ1n) is 8.22. The maximum Gasteiger partial charge on any atom is 0.251 e. The fraction of sp³-hybridized carbons (Fsp3) is 0.611. The first-order chi connectivity index (χ1) is 9.79. The number of amides is 1. The second-order valence-electron chi connectivity index (χ2n) is 6.95. The quantitative estimate of drug-likeness (QED) is 0.875. The topological polar surface area (TPSA) is 29.1 Å². The van der Waals surface area contributed by atoms with Crippen molar-refractivity contribution in [2.45, 2.75) is 57.4 Å². The van der Waals surface area contributed by atoms with Crippen molar-refractivity contribution >= 4 is 5.91 Å². The van der Waals surface area contributed by atoms with Crippen LogP contribution in [-0.2, 0) is 12.8 Å². The summed E-state index contributed by atoms with van der Waals surface area (Å²) in [6, 6.07) is 6.77. The number of hydrogen-bond acceptors (Lipinski definition) is 1. The van der Waals surface area contributed by atoms with Crippen LogP contribution in [0.5, 0.6) is 0 Å². The lowest BCUT2D eigenvalue weighted by Crippen LogP contribution is -2.38. The highest BCUT2D eigenvalue weighted by atomic mass is 16.1. The van der Waals surface area contributed by atoms with E-state index in [4.69, 9.17) is 0 Å². The van der Waals surface area contributed by atoms with Gasteiger partial charge in [-0.1, -0.05) is 12.5 Å². The summed E-state index contributed by atoms with van der Waals surface area (Å²) >= 11 is 0. The zero-order chi connectivity index (χ0) is 13.5. The molecule has 2 nitrogen and oxygen atoms in total. The highest BCUT2D eigenvalue weighted by molar-refractivity contribution is 5.94. The van der Waals surface area contributed by atoms with E-state index in [2.05, 4.69) is 17.4 Å².